The number of hydrogen-bond donors (Lipinski definition) is 1. The molecule has 11 heteroatoms. The van der Waals surface area contributed by atoms with E-state index in [9.17, 15) is 22.8 Å². The van der Waals surface area contributed by atoms with Crippen LogP contribution in [0.3, 0.4) is 0 Å². The molecule has 2 aliphatic rings. The first-order valence-electron chi connectivity index (χ1n) is 11.8. The van der Waals surface area contributed by atoms with E-state index in [2.05, 4.69) is 10.3 Å². The van der Waals surface area contributed by atoms with Gasteiger partial charge in [-0.05, 0) is 36.8 Å². The number of carbonyl (C=O) groups is 2. The molecule has 0 saturated carbocycles. The van der Waals surface area contributed by atoms with Crippen LogP contribution in [0.4, 0.5) is 30.4 Å². The summed E-state index contributed by atoms with van der Waals surface area (Å²) in [7, 11) is 1.28. The number of aromatic nitrogens is 1. The molecule has 1 N–H and O–H groups in total. The lowest BCUT2D eigenvalue weighted by molar-refractivity contribution is -0.171. The molecule has 2 atom stereocenters. The molecular weight excluding hydrogens is 503 g/mol. The molecule has 0 fully saturated rings. The third-order valence-electron chi connectivity index (χ3n) is 6.54. The third-order valence-corrected chi connectivity index (χ3v) is 6.54. The Balaban J connectivity index is 1.50. The summed E-state index contributed by atoms with van der Waals surface area (Å²) < 4.78 is 57.6. The number of amides is 1. The van der Waals surface area contributed by atoms with Crippen LogP contribution in [0.2, 0.25) is 0 Å². The van der Waals surface area contributed by atoms with Gasteiger partial charge >= 0.3 is 18.1 Å². The van der Waals surface area contributed by atoms with Crippen LogP contribution in [-0.2, 0) is 14.3 Å². The van der Waals surface area contributed by atoms with Gasteiger partial charge in [-0.1, -0.05) is 18.2 Å². The van der Waals surface area contributed by atoms with Crippen molar-refractivity contribution < 1.29 is 37.0 Å². The molecule has 2 aromatic carbocycles. The SMILES string of the molecule is COC(=O)C[C@@H]1COc2cc(N(C(=O)C(F)(F)F)[C@@H]3COc4c(Nc5cc(C)ccn5)cccc43)ccc21. The van der Waals surface area contributed by atoms with Crippen LogP contribution in [0.1, 0.15) is 35.1 Å². The Hall–Kier alpha value is -4.28. The second-order valence-electron chi connectivity index (χ2n) is 9.08. The van der Waals surface area contributed by atoms with Gasteiger partial charge in [-0.15, -0.1) is 0 Å². The lowest BCUT2D eigenvalue weighted by Gasteiger charge is -2.29. The molecular formula is C27H24F3N3O5. The van der Waals surface area contributed by atoms with Gasteiger partial charge in [-0.25, -0.2) is 4.98 Å². The van der Waals surface area contributed by atoms with Gasteiger partial charge in [0, 0.05) is 35.0 Å². The molecule has 8 nitrogen and oxygen atoms in total. The van der Waals surface area contributed by atoms with Gasteiger partial charge in [0.25, 0.3) is 0 Å². The highest BCUT2D eigenvalue weighted by Crippen LogP contribution is 2.46. The van der Waals surface area contributed by atoms with Crippen molar-refractivity contribution in [3.05, 3.63) is 71.4 Å². The fourth-order valence-electron chi connectivity index (χ4n) is 4.73. The minimum absolute atomic E-state index is 0.00459. The second-order valence-corrected chi connectivity index (χ2v) is 9.08. The number of para-hydroxylation sites is 1. The molecule has 0 bridgehead atoms. The number of esters is 1. The number of methoxy groups -OCH3 is 1. The van der Waals surface area contributed by atoms with Gasteiger partial charge in [0.2, 0.25) is 0 Å². The van der Waals surface area contributed by atoms with Gasteiger partial charge in [0.05, 0.1) is 31.9 Å². The largest absolute Gasteiger partial charge is 0.493 e. The first-order valence-corrected chi connectivity index (χ1v) is 11.8. The number of anilines is 3. The van der Waals surface area contributed by atoms with Crippen molar-refractivity contribution in [1.82, 2.24) is 4.98 Å². The number of nitrogens with one attached hydrogen (secondary N) is 1. The van der Waals surface area contributed by atoms with E-state index < -0.39 is 24.1 Å². The summed E-state index contributed by atoms with van der Waals surface area (Å²) in [6.45, 7) is 1.91. The number of ether oxygens (including phenoxy) is 3. The van der Waals surface area contributed by atoms with E-state index in [0.717, 1.165) is 5.56 Å². The summed E-state index contributed by atoms with van der Waals surface area (Å²) in [6, 6.07) is 12.1. The Labute approximate surface area is 216 Å². The normalized spacial score (nSPS) is 17.6. The van der Waals surface area contributed by atoms with Gasteiger partial charge in [-0.2, -0.15) is 13.2 Å². The molecule has 3 aromatic rings. The molecule has 0 radical (unpaired) electrons. The minimum atomic E-state index is -5.13. The minimum Gasteiger partial charge on any atom is -0.493 e. The molecule has 3 heterocycles. The number of halogens is 3. The van der Waals surface area contributed by atoms with Crippen molar-refractivity contribution in [3.8, 4) is 11.5 Å². The Morgan fingerprint density at radius 3 is 2.66 bits per heavy atom. The van der Waals surface area contributed by atoms with Crippen molar-refractivity contribution >= 4 is 29.1 Å². The number of carbonyl (C=O) groups excluding carboxylic acids is 2. The van der Waals surface area contributed by atoms with Crippen molar-refractivity contribution in [1.29, 1.82) is 0 Å². The lowest BCUT2D eigenvalue weighted by atomic mass is 9.97. The highest BCUT2D eigenvalue weighted by atomic mass is 19.4. The molecule has 0 spiro atoms. The molecule has 38 heavy (non-hydrogen) atoms. The van der Waals surface area contributed by atoms with E-state index in [1.807, 2.05) is 19.1 Å². The number of nitrogens with zero attached hydrogens (tertiary/aromatic N) is 2. The van der Waals surface area contributed by atoms with Crippen LogP contribution in [0.25, 0.3) is 0 Å². The third kappa shape index (κ3) is 4.83. The highest BCUT2D eigenvalue weighted by Gasteiger charge is 2.48. The maximum atomic E-state index is 13.8. The standard InChI is InChI=1S/C27H24F3N3O5/c1-15-8-9-31-23(10-15)32-20-5-3-4-19-21(14-38-25(19)20)33(26(35)27(28,29)30)17-6-7-18-16(11-24(34)36-2)13-37-22(18)12-17/h3-10,12,16,21H,11,13-14H2,1-2H3,(H,31,32)/t16-,21-/m1/s1. The van der Waals surface area contributed by atoms with Gasteiger partial charge in [-0.3, -0.25) is 14.5 Å². The van der Waals surface area contributed by atoms with Crippen LogP contribution in [-0.4, -0.2) is 43.4 Å². The van der Waals surface area contributed by atoms with E-state index in [4.69, 9.17) is 14.2 Å². The zero-order chi connectivity index (χ0) is 27.0. The van der Waals surface area contributed by atoms with E-state index in [1.54, 1.807) is 30.5 Å². The van der Waals surface area contributed by atoms with Gasteiger partial charge in [0.15, 0.2) is 0 Å². The Morgan fingerprint density at radius 1 is 1.11 bits per heavy atom. The Morgan fingerprint density at radius 2 is 1.92 bits per heavy atom. The number of pyridine rings is 1. The summed E-state index contributed by atoms with van der Waals surface area (Å²) in [4.78, 5) is 29.4. The van der Waals surface area contributed by atoms with E-state index in [0.29, 0.717) is 39.0 Å². The first-order chi connectivity index (χ1) is 18.2. The number of alkyl halides is 3. The van der Waals surface area contributed by atoms with Gasteiger partial charge in [0.1, 0.15) is 23.9 Å². The van der Waals surface area contributed by atoms with E-state index >= 15 is 0 Å². The number of benzene rings is 2. The van der Waals surface area contributed by atoms with Crippen LogP contribution in [0, 0.1) is 6.92 Å². The van der Waals surface area contributed by atoms with E-state index in [-0.39, 0.29) is 31.2 Å². The molecule has 0 aliphatic carbocycles. The van der Waals surface area contributed by atoms with Crippen molar-refractivity contribution in [2.24, 2.45) is 0 Å². The van der Waals surface area contributed by atoms with Crippen LogP contribution in [0.5, 0.6) is 11.5 Å². The summed E-state index contributed by atoms with van der Waals surface area (Å²) in [5.74, 6) is -1.53. The molecule has 5 rings (SSSR count). The molecule has 0 saturated heterocycles. The number of fused-ring (bicyclic) bond motifs is 2. The Kier molecular flexibility index (Phi) is 6.60. The monoisotopic (exact) mass is 527 g/mol. The summed E-state index contributed by atoms with van der Waals surface area (Å²) in [5.41, 5.74) is 2.59. The quantitative estimate of drug-likeness (QED) is 0.441. The average molecular weight is 527 g/mol. The van der Waals surface area contributed by atoms with Gasteiger partial charge < -0.3 is 19.5 Å². The molecule has 0 unspecified atom stereocenters. The Bertz CT molecular complexity index is 1390. The number of aryl methyl sites for hydroxylation is 1. The zero-order valence-electron chi connectivity index (χ0n) is 20.5. The zero-order valence-corrected chi connectivity index (χ0v) is 20.5. The molecule has 2 aliphatic heterocycles. The summed E-state index contributed by atoms with van der Waals surface area (Å²) in [5, 5.41) is 3.14. The molecule has 198 valence electrons. The second kappa shape index (κ2) is 9.88. The fraction of sp³-hybridized carbons (Fsp3) is 0.296. The first kappa shape index (κ1) is 25.4. The van der Waals surface area contributed by atoms with Crippen molar-refractivity contribution in [3.63, 3.8) is 0 Å². The van der Waals surface area contributed by atoms with Crippen molar-refractivity contribution in [2.75, 3.05) is 30.5 Å². The maximum Gasteiger partial charge on any atom is 0.471 e. The smallest absolute Gasteiger partial charge is 0.471 e. The van der Waals surface area contributed by atoms with Crippen LogP contribution in [0.15, 0.2) is 54.7 Å². The van der Waals surface area contributed by atoms with Crippen LogP contribution < -0.4 is 19.7 Å². The van der Waals surface area contributed by atoms with Crippen LogP contribution >= 0.6 is 0 Å². The van der Waals surface area contributed by atoms with Crippen molar-refractivity contribution in [2.45, 2.75) is 31.5 Å². The fourth-order valence-corrected chi connectivity index (χ4v) is 4.73. The molecule has 1 aromatic heterocycles. The molecule has 1 amide bonds. The summed E-state index contributed by atoms with van der Waals surface area (Å²) in [6.07, 6.45) is -3.42. The number of hydrogen-bond acceptors (Lipinski definition) is 7. The summed E-state index contributed by atoms with van der Waals surface area (Å²) >= 11 is 0. The lowest BCUT2D eigenvalue weighted by Crippen LogP contribution is -2.44. The topological polar surface area (TPSA) is 90.0 Å². The predicted octanol–water partition coefficient (Wildman–Crippen LogP) is 5.20. The average Bonchev–Trinajstić information content (AvgIpc) is 3.48. The number of rotatable bonds is 6. The highest BCUT2D eigenvalue weighted by molar-refractivity contribution is 5.98. The predicted molar refractivity (Wildman–Crippen MR) is 132 cm³/mol. The van der Waals surface area contributed by atoms with E-state index in [1.165, 1.54) is 19.2 Å². The maximum absolute atomic E-state index is 13.8.